The summed E-state index contributed by atoms with van der Waals surface area (Å²) in [6.45, 7) is 4.77. The number of carbonyl (C=O) groups excluding carboxylic acids is 1. The van der Waals surface area contributed by atoms with Gasteiger partial charge in [-0.2, -0.15) is 0 Å². The van der Waals surface area contributed by atoms with Gasteiger partial charge in [-0.15, -0.1) is 0 Å². The second kappa shape index (κ2) is 5.93. The molecule has 1 atom stereocenters. The highest BCUT2D eigenvalue weighted by atomic mass is 16.5. The zero-order chi connectivity index (χ0) is 13.8. The Morgan fingerprint density at radius 3 is 3.00 bits per heavy atom. The van der Waals surface area contributed by atoms with E-state index >= 15 is 0 Å². The molecule has 0 radical (unpaired) electrons. The van der Waals surface area contributed by atoms with Crippen LogP contribution in [0.1, 0.15) is 19.4 Å². The Labute approximate surface area is 113 Å². The summed E-state index contributed by atoms with van der Waals surface area (Å²) in [5, 5.41) is 5.65. The Morgan fingerprint density at radius 1 is 1.53 bits per heavy atom. The molecule has 0 saturated carbocycles. The van der Waals surface area contributed by atoms with Gasteiger partial charge in [0.1, 0.15) is 17.6 Å². The highest BCUT2D eigenvalue weighted by Gasteiger charge is 2.22. The van der Waals surface area contributed by atoms with Crippen molar-refractivity contribution < 1.29 is 14.3 Å². The van der Waals surface area contributed by atoms with Crippen LogP contribution in [0.4, 0.5) is 5.69 Å². The number of anilines is 1. The summed E-state index contributed by atoms with van der Waals surface area (Å²) < 4.78 is 11.3. The molecule has 5 nitrogen and oxygen atoms in total. The van der Waals surface area contributed by atoms with Crippen molar-refractivity contribution in [3.05, 3.63) is 17.7 Å². The maximum absolute atomic E-state index is 11.7. The van der Waals surface area contributed by atoms with Crippen LogP contribution in [-0.2, 0) is 11.2 Å². The van der Waals surface area contributed by atoms with Crippen LogP contribution >= 0.6 is 0 Å². The standard InChI is InChI=1S/C14H20N2O3/c1-4-18-13-6-10-5-9(2)19-12(10)7-11(13)16-14(17)8-15-3/h6-7,9,15H,4-5,8H2,1-3H3,(H,16,17). The van der Waals surface area contributed by atoms with Crippen LogP contribution in [0.25, 0.3) is 0 Å². The average molecular weight is 264 g/mol. The van der Waals surface area contributed by atoms with E-state index < -0.39 is 0 Å². The number of hydrogen-bond acceptors (Lipinski definition) is 4. The van der Waals surface area contributed by atoms with E-state index in [0.717, 1.165) is 17.7 Å². The Morgan fingerprint density at radius 2 is 2.32 bits per heavy atom. The van der Waals surface area contributed by atoms with Gasteiger partial charge in [-0.05, 0) is 27.0 Å². The molecule has 0 aromatic heterocycles. The van der Waals surface area contributed by atoms with Crippen LogP contribution in [0.2, 0.25) is 0 Å². The minimum atomic E-state index is -0.102. The number of fused-ring (bicyclic) bond motifs is 1. The lowest BCUT2D eigenvalue weighted by molar-refractivity contribution is -0.115. The molecule has 1 heterocycles. The van der Waals surface area contributed by atoms with Crippen molar-refractivity contribution in [2.45, 2.75) is 26.4 Å². The molecule has 1 unspecified atom stereocenters. The average Bonchev–Trinajstić information content (AvgIpc) is 2.69. The van der Waals surface area contributed by atoms with E-state index in [1.54, 1.807) is 7.05 Å². The first-order valence-corrected chi connectivity index (χ1v) is 6.54. The normalized spacial score (nSPS) is 16.7. The summed E-state index contributed by atoms with van der Waals surface area (Å²) in [6, 6.07) is 3.80. The number of hydrogen-bond donors (Lipinski definition) is 2. The van der Waals surface area contributed by atoms with Gasteiger partial charge in [0, 0.05) is 18.1 Å². The third-order valence-electron chi connectivity index (χ3n) is 2.91. The van der Waals surface area contributed by atoms with Crippen molar-refractivity contribution in [1.82, 2.24) is 5.32 Å². The molecule has 1 aromatic carbocycles. The number of rotatable bonds is 5. The topological polar surface area (TPSA) is 59.6 Å². The molecule has 0 fully saturated rings. The van der Waals surface area contributed by atoms with Crippen molar-refractivity contribution in [3.8, 4) is 11.5 Å². The summed E-state index contributed by atoms with van der Waals surface area (Å²) in [5.41, 5.74) is 1.79. The van der Waals surface area contributed by atoms with Crippen molar-refractivity contribution in [2.75, 3.05) is 25.5 Å². The Hall–Kier alpha value is -1.75. The summed E-state index contributed by atoms with van der Waals surface area (Å²) in [6.07, 6.45) is 1.05. The lowest BCUT2D eigenvalue weighted by atomic mass is 10.1. The SMILES string of the molecule is CCOc1cc2c(cc1NC(=O)CNC)OC(C)C2. The first-order valence-electron chi connectivity index (χ1n) is 6.54. The fraction of sp³-hybridized carbons (Fsp3) is 0.500. The van der Waals surface area contributed by atoms with Gasteiger partial charge in [0.2, 0.25) is 5.91 Å². The highest BCUT2D eigenvalue weighted by molar-refractivity contribution is 5.94. The van der Waals surface area contributed by atoms with Gasteiger partial charge in [0.05, 0.1) is 18.8 Å². The smallest absolute Gasteiger partial charge is 0.238 e. The molecular formula is C14H20N2O3. The predicted octanol–water partition coefficient (Wildman–Crippen LogP) is 1.57. The number of ether oxygens (including phenoxy) is 2. The first kappa shape index (κ1) is 13.7. The number of carbonyl (C=O) groups is 1. The monoisotopic (exact) mass is 264 g/mol. The second-order valence-electron chi connectivity index (χ2n) is 4.60. The number of nitrogens with one attached hydrogen (secondary N) is 2. The molecule has 0 aliphatic carbocycles. The van der Waals surface area contributed by atoms with Gasteiger partial charge in [-0.3, -0.25) is 4.79 Å². The minimum absolute atomic E-state index is 0.102. The molecule has 0 spiro atoms. The third-order valence-corrected chi connectivity index (χ3v) is 2.91. The van der Waals surface area contributed by atoms with E-state index in [1.165, 1.54) is 0 Å². The van der Waals surface area contributed by atoms with E-state index in [-0.39, 0.29) is 18.6 Å². The molecule has 1 aliphatic heterocycles. The van der Waals surface area contributed by atoms with Gasteiger partial charge in [0.15, 0.2) is 0 Å². The van der Waals surface area contributed by atoms with Crippen LogP contribution in [-0.4, -0.2) is 32.2 Å². The summed E-state index contributed by atoms with van der Waals surface area (Å²) >= 11 is 0. The maximum Gasteiger partial charge on any atom is 0.238 e. The van der Waals surface area contributed by atoms with Gasteiger partial charge in [0.25, 0.3) is 0 Å². The number of benzene rings is 1. The first-order chi connectivity index (χ1) is 9.13. The molecule has 0 saturated heterocycles. The molecule has 5 heteroatoms. The van der Waals surface area contributed by atoms with Gasteiger partial charge in [-0.1, -0.05) is 0 Å². The van der Waals surface area contributed by atoms with Crippen molar-refractivity contribution in [3.63, 3.8) is 0 Å². The van der Waals surface area contributed by atoms with E-state index in [1.807, 2.05) is 26.0 Å². The summed E-state index contributed by atoms with van der Waals surface area (Å²) in [7, 11) is 1.73. The molecule has 2 N–H and O–H groups in total. The molecule has 1 amide bonds. The van der Waals surface area contributed by atoms with Gasteiger partial charge >= 0.3 is 0 Å². The Bertz CT molecular complexity index is 474. The van der Waals surface area contributed by atoms with E-state index in [2.05, 4.69) is 10.6 Å². The molecule has 2 rings (SSSR count). The zero-order valence-corrected chi connectivity index (χ0v) is 11.6. The zero-order valence-electron chi connectivity index (χ0n) is 11.6. The van der Waals surface area contributed by atoms with E-state index in [4.69, 9.17) is 9.47 Å². The largest absolute Gasteiger partial charge is 0.492 e. The van der Waals surface area contributed by atoms with Gasteiger partial charge in [-0.25, -0.2) is 0 Å². The Kier molecular flexibility index (Phi) is 4.27. The Balaban J connectivity index is 2.25. The highest BCUT2D eigenvalue weighted by Crippen LogP contribution is 2.37. The lowest BCUT2D eigenvalue weighted by Crippen LogP contribution is -2.25. The third kappa shape index (κ3) is 3.17. The molecule has 1 aromatic rings. The number of likely N-dealkylation sites (N-methyl/N-ethyl adjacent to an activating group) is 1. The molecule has 1 aliphatic rings. The van der Waals surface area contributed by atoms with Crippen LogP contribution < -0.4 is 20.1 Å². The number of amides is 1. The summed E-state index contributed by atoms with van der Waals surface area (Å²) in [5.74, 6) is 1.42. The van der Waals surface area contributed by atoms with Crippen LogP contribution in [0, 0.1) is 0 Å². The van der Waals surface area contributed by atoms with Crippen molar-refractivity contribution in [2.24, 2.45) is 0 Å². The minimum Gasteiger partial charge on any atom is -0.492 e. The molecule has 0 bridgehead atoms. The van der Waals surface area contributed by atoms with E-state index in [0.29, 0.717) is 18.0 Å². The van der Waals surface area contributed by atoms with E-state index in [9.17, 15) is 4.79 Å². The van der Waals surface area contributed by atoms with Crippen LogP contribution in [0.5, 0.6) is 11.5 Å². The summed E-state index contributed by atoms with van der Waals surface area (Å²) in [4.78, 5) is 11.7. The van der Waals surface area contributed by atoms with Crippen LogP contribution in [0.3, 0.4) is 0 Å². The second-order valence-corrected chi connectivity index (χ2v) is 4.60. The van der Waals surface area contributed by atoms with Crippen molar-refractivity contribution >= 4 is 11.6 Å². The molecule has 104 valence electrons. The fourth-order valence-corrected chi connectivity index (χ4v) is 2.17. The fourth-order valence-electron chi connectivity index (χ4n) is 2.17. The maximum atomic E-state index is 11.7. The van der Waals surface area contributed by atoms with Gasteiger partial charge < -0.3 is 20.1 Å². The lowest BCUT2D eigenvalue weighted by Gasteiger charge is -2.13. The molecular weight excluding hydrogens is 244 g/mol. The van der Waals surface area contributed by atoms with Crippen LogP contribution in [0.15, 0.2) is 12.1 Å². The quantitative estimate of drug-likeness (QED) is 0.847. The predicted molar refractivity (Wildman–Crippen MR) is 74.0 cm³/mol. The molecule has 19 heavy (non-hydrogen) atoms. The van der Waals surface area contributed by atoms with Crippen molar-refractivity contribution in [1.29, 1.82) is 0 Å².